The Bertz CT molecular complexity index is 258. The van der Waals surface area contributed by atoms with Gasteiger partial charge in [0.25, 0.3) is 0 Å². The fourth-order valence-electron chi connectivity index (χ4n) is 1.57. The highest BCUT2D eigenvalue weighted by Crippen LogP contribution is 2.20. The maximum absolute atomic E-state index is 11.2. The summed E-state index contributed by atoms with van der Waals surface area (Å²) in [4.78, 5) is 0. The standard InChI is InChI=1S/C8H17NO3S2/c1-13-12-7-8-3-5-9(6-4-8)14(2,10)11/h8H,3-7H2,1-2H3. The molecule has 0 aromatic heterocycles. The molecule has 4 nitrogen and oxygen atoms in total. The molecule has 0 amide bonds. The molecule has 0 aromatic carbocycles. The van der Waals surface area contributed by atoms with Gasteiger partial charge in [0.15, 0.2) is 0 Å². The zero-order chi connectivity index (χ0) is 10.6. The van der Waals surface area contributed by atoms with E-state index in [0.717, 1.165) is 19.4 Å². The minimum Gasteiger partial charge on any atom is -0.315 e. The van der Waals surface area contributed by atoms with Crippen molar-refractivity contribution in [2.75, 3.05) is 32.2 Å². The number of nitrogens with zero attached hydrogens (tertiary/aromatic N) is 1. The summed E-state index contributed by atoms with van der Waals surface area (Å²) in [5, 5.41) is 0. The van der Waals surface area contributed by atoms with Crippen LogP contribution in [0.3, 0.4) is 0 Å². The number of piperidine rings is 1. The van der Waals surface area contributed by atoms with Crippen LogP contribution in [0.25, 0.3) is 0 Å². The van der Waals surface area contributed by atoms with Gasteiger partial charge in [-0.05, 0) is 30.8 Å². The summed E-state index contributed by atoms with van der Waals surface area (Å²) >= 11 is 1.37. The van der Waals surface area contributed by atoms with Gasteiger partial charge in [0.2, 0.25) is 10.0 Å². The van der Waals surface area contributed by atoms with E-state index in [-0.39, 0.29) is 0 Å². The Hall–Kier alpha value is 0.220. The van der Waals surface area contributed by atoms with Crippen molar-refractivity contribution in [3.8, 4) is 0 Å². The van der Waals surface area contributed by atoms with Gasteiger partial charge in [0, 0.05) is 19.3 Å². The van der Waals surface area contributed by atoms with Gasteiger partial charge in [-0.15, -0.1) is 0 Å². The molecule has 0 bridgehead atoms. The van der Waals surface area contributed by atoms with Crippen LogP contribution in [0.2, 0.25) is 0 Å². The number of rotatable bonds is 4. The molecule has 0 unspecified atom stereocenters. The molecule has 1 fully saturated rings. The van der Waals surface area contributed by atoms with Crippen molar-refractivity contribution in [1.29, 1.82) is 0 Å². The molecule has 0 saturated carbocycles. The summed E-state index contributed by atoms with van der Waals surface area (Å²) in [5.74, 6) is 0.514. The second-order valence-electron chi connectivity index (χ2n) is 3.56. The second kappa shape index (κ2) is 5.34. The van der Waals surface area contributed by atoms with Crippen molar-refractivity contribution in [2.24, 2.45) is 5.92 Å². The fraction of sp³-hybridized carbons (Fsp3) is 1.00. The second-order valence-corrected chi connectivity index (χ2v) is 6.11. The van der Waals surface area contributed by atoms with Gasteiger partial charge in [-0.2, -0.15) is 0 Å². The van der Waals surface area contributed by atoms with Crippen LogP contribution >= 0.6 is 12.0 Å². The average molecular weight is 239 g/mol. The van der Waals surface area contributed by atoms with E-state index in [1.54, 1.807) is 4.31 Å². The van der Waals surface area contributed by atoms with Gasteiger partial charge in [-0.3, -0.25) is 0 Å². The number of sulfonamides is 1. The molecule has 1 aliphatic rings. The Labute approximate surface area is 90.3 Å². The molecule has 0 aromatic rings. The first-order chi connectivity index (χ1) is 6.54. The van der Waals surface area contributed by atoms with Crippen molar-refractivity contribution < 1.29 is 12.6 Å². The van der Waals surface area contributed by atoms with Crippen LogP contribution in [0.5, 0.6) is 0 Å². The lowest BCUT2D eigenvalue weighted by molar-refractivity contribution is 0.204. The summed E-state index contributed by atoms with van der Waals surface area (Å²) in [6.07, 6.45) is 4.98. The molecule has 6 heteroatoms. The number of hydrogen-bond donors (Lipinski definition) is 0. The molecule has 1 heterocycles. The van der Waals surface area contributed by atoms with E-state index in [0.29, 0.717) is 19.0 Å². The zero-order valence-corrected chi connectivity index (χ0v) is 10.2. The van der Waals surface area contributed by atoms with Gasteiger partial charge < -0.3 is 4.18 Å². The van der Waals surface area contributed by atoms with Crippen molar-refractivity contribution in [2.45, 2.75) is 12.8 Å². The Morgan fingerprint density at radius 1 is 1.43 bits per heavy atom. The van der Waals surface area contributed by atoms with Crippen LogP contribution in [-0.2, 0) is 14.2 Å². The quantitative estimate of drug-likeness (QED) is 0.685. The van der Waals surface area contributed by atoms with Crippen LogP contribution < -0.4 is 0 Å². The maximum atomic E-state index is 11.2. The fourth-order valence-corrected chi connectivity index (χ4v) is 2.77. The van der Waals surface area contributed by atoms with Crippen LogP contribution in [0.4, 0.5) is 0 Å². The highest BCUT2D eigenvalue weighted by molar-refractivity contribution is 7.93. The topological polar surface area (TPSA) is 46.6 Å². The first-order valence-corrected chi connectivity index (χ1v) is 7.64. The molecule has 84 valence electrons. The Balaban J connectivity index is 2.31. The van der Waals surface area contributed by atoms with Crippen molar-refractivity contribution in [3.05, 3.63) is 0 Å². The van der Waals surface area contributed by atoms with Gasteiger partial charge in [-0.25, -0.2) is 12.7 Å². The van der Waals surface area contributed by atoms with Crippen molar-refractivity contribution in [1.82, 2.24) is 4.31 Å². The molecule has 0 N–H and O–H groups in total. The Kier molecular flexibility index (Phi) is 4.69. The molecule has 0 spiro atoms. The van der Waals surface area contributed by atoms with E-state index in [2.05, 4.69) is 0 Å². The normalized spacial score (nSPS) is 21.3. The molecule has 0 atom stereocenters. The van der Waals surface area contributed by atoms with E-state index in [9.17, 15) is 8.42 Å². The molecule has 1 aliphatic heterocycles. The molecule has 14 heavy (non-hydrogen) atoms. The maximum Gasteiger partial charge on any atom is 0.211 e. The van der Waals surface area contributed by atoms with Crippen LogP contribution in [0.1, 0.15) is 12.8 Å². The summed E-state index contributed by atoms with van der Waals surface area (Å²) in [5.41, 5.74) is 0. The summed E-state index contributed by atoms with van der Waals surface area (Å²) < 4.78 is 29.2. The first kappa shape index (κ1) is 12.3. The van der Waals surface area contributed by atoms with Gasteiger partial charge in [0.1, 0.15) is 0 Å². The molecular formula is C8H17NO3S2. The minimum absolute atomic E-state index is 0.514. The lowest BCUT2D eigenvalue weighted by Crippen LogP contribution is -2.38. The Morgan fingerprint density at radius 3 is 2.43 bits per heavy atom. The molecule has 1 saturated heterocycles. The number of hydrogen-bond acceptors (Lipinski definition) is 4. The lowest BCUT2D eigenvalue weighted by Gasteiger charge is -2.29. The average Bonchev–Trinajstić information content (AvgIpc) is 2.14. The van der Waals surface area contributed by atoms with E-state index >= 15 is 0 Å². The summed E-state index contributed by atoms with van der Waals surface area (Å²) in [6, 6.07) is 0. The van der Waals surface area contributed by atoms with Crippen LogP contribution in [0.15, 0.2) is 0 Å². The van der Waals surface area contributed by atoms with E-state index in [4.69, 9.17) is 4.18 Å². The van der Waals surface area contributed by atoms with Gasteiger partial charge >= 0.3 is 0 Å². The van der Waals surface area contributed by atoms with E-state index in [1.165, 1.54) is 18.3 Å². The van der Waals surface area contributed by atoms with E-state index in [1.807, 2.05) is 6.26 Å². The third-order valence-electron chi connectivity index (χ3n) is 2.46. The predicted molar refractivity (Wildman–Crippen MR) is 58.6 cm³/mol. The smallest absolute Gasteiger partial charge is 0.211 e. The highest BCUT2D eigenvalue weighted by atomic mass is 32.2. The van der Waals surface area contributed by atoms with Gasteiger partial charge in [0.05, 0.1) is 12.9 Å². The molecule has 0 aliphatic carbocycles. The third kappa shape index (κ3) is 3.76. The van der Waals surface area contributed by atoms with Crippen molar-refractivity contribution >= 4 is 22.1 Å². The van der Waals surface area contributed by atoms with E-state index < -0.39 is 10.0 Å². The Morgan fingerprint density at radius 2 is 2.00 bits per heavy atom. The summed E-state index contributed by atoms with van der Waals surface area (Å²) in [6.45, 7) is 2.02. The SMILES string of the molecule is CSOCC1CCN(S(C)(=O)=O)CC1. The van der Waals surface area contributed by atoms with Crippen molar-refractivity contribution in [3.63, 3.8) is 0 Å². The zero-order valence-electron chi connectivity index (χ0n) is 8.60. The third-order valence-corrected chi connectivity index (χ3v) is 4.14. The molecule has 1 rings (SSSR count). The van der Waals surface area contributed by atoms with Crippen LogP contribution in [0, 0.1) is 5.92 Å². The predicted octanol–water partition coefficient (Wildman–Crippen LogP) is 0.953. The lowest BCUT2D eigenvalue weighted by atomic mass is 10.00. The van der Waals surface area contributed by atoms with Gasteiger partial charge in [-0.1, -0.05) is 0 Å². The first-order valence-electron chi connectivity index (χ1n) is 4.64. The summed E-state index contributed by atoms with van der Waals surface area (Å²) in [7, 11) is -2.98. The van der Waals surface area contributed by atoms with Crippen LogP contribution in [-0.4, -0.2) is 44.9 Å². The molecular weight excluding hydrogens is 222 g/mol. The monoisotopic (exact) mass is 239 g/mol. The molecule has 0 radical (unpaired) electrons. The minimum atomic E-state index is -2.98. The largest absolute Gasteiger partial charge is 0.315 e. The highest BCUT2D eigenvalue weighted by Gasteiger charge is 2.24.